The molecular weight excluding hydrogens is 403 g/mol. The van der Waals surface area contributed by atoms with Crippen molar-refractivity contribution in [1.82, 2.24) is 15.6 Å². The van der Waals surface area contributed by atoms with Crippen LogP contribution in [-0.2, 0) is 16.0 Å². The number of hydrogen-bond donors (Lipinski definition) is 2. The highest BCUT2D eigenvalue weighted by molar-refractivity contribution is 7.18. The van der Waals surface area contributed by atoms with Gasteiger partial charge in [-0.15, -0.1) is 11.3 Å². The van der Waals surface area contributed by atoms with Gasteiger partial charge in [0.2, 0.25) is 11.8 Å². The van der Waals surface area contributed by atoms with Gasteiger partial charge in [0.15, 0.2) is 0 Å². The number of nitrogens with one attached hydrogen (secondary N) is 2. The third-order valence-electron chi connectivity index (χ3n) is 3.78. The predicted molar refractivity (Wildman–Crippen MR) is 105 cm³/mol. The minimum absolute atomic E-state index is 0.0117. The number of fused-ring (bicyclic) bond motifs is 1. The average molecular weight is 417 g/mol. The lowest BCUT2D eigenvalue weighted by atomic mass is 10.1. The lowest BCUT2D eigenvalue weighted by molar-refractivity contribution is -0.125. The minimum Gasteiger partial charge on any atom is -0.347 e. The van der Waals surface area contributed by atoms with E-state index in [1.54, 1.807) is 24.3 Å². The molecule has 0 saturated carbocycles. The molecule has 0 fully saturated rings. The number of carbonyl (C=O) groups is 2. The molecule has 3 rings (SSSR count). The number of nitrogens with zero attached hydrogens (tertiary/aromatic N) is 2. The third-order valence-corrected chi connectivity index (χ3v) is 5.11. The summed E-state index contributed by atoms with van der Waals surface area (Å²) in [5.41, 5.74) is 1.98. The maximum absolute atomic E-state index is 13.5. The summed E-state index contributed by atoms with van der Waals surface area (Å²) in [5.74, 6) is -1.15. The van der Waals surface area contributed by atoms with Crippen molar-refractivity contribution in [1.29, 1.82) is 5.26 Å². The quantitative estimate of drug-likeness (QED) is 0.604. The highest BCUT2D eigenvalue weighted by Crippen LogP contribution is 2.34. The lowest BCUT2D eigenvalue weighted by Gasteiger charge is -2.04. The number of thiazole rings is 1. The zero-order valence-electron chi connectivity index (χ0n) is 14.5. The molecule has 0 aliphatic heterocycles. The first-order valence-electron chi connectivity index (χ1n) is 8.21. The molecule has 2 aromatic carbocycles. The molecule has 6 nitrogen and oxygen atoms in total. The highest BCUT2D eigenvalue weighted by Gasteiger charge is 2.13. The van der Waals surface area contributed by atoms with E-state index in [-0.39, 0.29) is 31.2 Å². The molecule has 0 aliphatic carbocycles. The van der Waals surface area contributed by atoms with Crippen molar-refractivity contribution >= 4 is 45.0 Å². The first kappa shape index (κ1) is 19.7. The van der Waals surface area contributed by atoms with Gasteiger partial charge in [0.25, 0.3) is 0 Å². The zero-order valence-corrected chi connectivity index (χ0v) is 16.0. The summed E-state index contributed by atoms with van der Waals surface area (Å²) in [5, 5.41) is 14.2. The number of benzene rings is 2. The monoisotopic (exact) mass is 416 g/mol. The van der Waals surface area contributed by atoms with Crippen LogP contribution in [0.3, 0.4) is 0 Å². The van der Waals surface area contributed by atoms with Gasteiger partial charge >= 0.3 is 0 Å². The van der Waals surface area contributed by atoms with Crippen molar-refractivity contribution in [3.05, 3.63) is 52.2 Å². The van der Waals surface area contributed by atoms with Gasteiger partial charge in [-0.3, -0.25) is 9.59 Å². The molecule has 142 valence electrons. The molecule has 0 saturated heterocycles. The molecule has 0 spiro atoms. The summed E-state index contributed by atoms with van der Waals surface area (Å²) in [7, 11) is 0. The van der Waals surface area contributed by atoms with Gasteiger partial charge < -0.3 is 10.6 Å². The van der Waals surface area contributed by atoms with Gasteiger partial charge in [0, 0.05) is 5.56 Å². The number of hydrogen-bond acceptors (Lipinski definition) is 5. The van der Waals surface area contributed by atoms with Crippen molar-refractivity contribution in [2.24, 2.45) is 0 Å². The second-order valence-electron chi connectivity index (χ2n) is 5.81. The van der Waals surface area contributed by atoms with E-state index in [1.165, 1.54) is 23.5 Å². The Hall–Kier alpha value is -3.02. The normalized spacial score (nSPS) is 10.5. The fraction of sp³-hybridized carbons (Fsp3) is 0.158. The van der Waals surface area contributed by atoms with Crippen LogP contribution in [0.25, 0.3) is 21.3 Å². The molecule has 0 radical (unpaired) electrons. The van der Waals surface area contributed by atoms with Gasteiger partial charge in [0.05, 0.1) is 34.3 Å². The predicted octanol–water partition coefficient (Wildman–Crippen LogP) is 3.05. The van der Waals surface area contributed by atoms with Crippen molar-refractivity contribution in [2.75, 3.05) is 13.1 Å². The molecule has 1 heterocycles. The Balaban J connectivity index is 1.73. The number of aromatic nitrogens is 1. The standard InChI is InChI=1S/C19H14ClFN4O2S/c20-14-8-15-16(7-13(14)11-2-1-3-12(21)6-11)28-19(25-15)9-17(26)24-10-18(27)23-5-4-22/h1-3,6-8H,5,9-10H2,(H,23,27)(H,24,26). The first-order chi connectivity index (χ1) is 13.5. The molecule has 3 aromatic rings. The van der Waals surface area contributed by atoms with E-state index in [0.29, 0.717) is 26.7 Å². The van der Waals surface area contributed by atoms with Crippen molar-refractivity contribution < 1.29 is 14.0 Å². The Morgan fingerprint density at radius 1 is 1.21 bits per heavy atom. The van der Waals surface area contributed by atoms with E-state index in [4.69, 9.17) is 16.9 Å². The number of amides is 2. The summed E-state index contributed by atoms with van der Waals surface area (Å²) < 4.78 is 14.3. The first-order valence-corrected chi connectivity index (χ1v) is 9.41. The number of rotatable bonds is 6. The van der Waals surface area contributed by atoms with Crippen molar-refractivity contribution in [3.63, 3.8) is 0 Å². The number of nitriles is 1. The maximum atomic E-state index is 13.5. The fourth-order valence-electron chi connectivity index (χ4n) is 2.53. The largest absolute Gasteiger partial charge is 0.347 e. The summed E-state index contributed by atoms with van der Waals surface area (Å²) in [6, 6.07) is 11.4. The molecule has 0 unspecified atom stereocenters. The summed E-state index contributed by atoms with van der Waals surface area (Å²) in [6.45, 7) is -0.318. The van der Waals surface area contributed by atoms with Crippen LogP contribution in [0.1, 0.15) is 5.01 Å². The number of carbonyl (C=O) groups excluding carboxylic acids is 2. The van der Waals surface area contributed by atoms with Crippen LogP contribution >= 0.6 is 22.9 Å². The van der Waals surface area contributed by atoms with E-state index in [9.17, 15) is 14.0 Å². The molecule has 28 heavy (non-hydrogen) atoms. The Bertz CT molecular complexity index is 1090. The Kier molecular flexibility index (Phi) is 6.19. The van der Waals surface area contributed by atoms with E-state index >= 15 is 0 Å². The maximum Gasteiger partial charge on any atom is 0.240 e. The van der Waals surface area contributed by atoms with Crippen molar-refractivity contribution in [2.45, 2.75) is 6.42 Å². The van der Waals surface area contributed by atoms with E-state index in [0.717, 1.165) is 4.70 Å². The Morgan fingerprint density at radius 3 is 2.79 bits per heavy atom. The van der Waals surface area contributed by atoms with Crippen LogP contribution < -0.4 is 10.6 Å². The average Bonchev–Trinajstić information content (AvgIpc) is 3.04. The van der Waals surface area contributed by atoms with Gasteiger partial charge in [0.1, 0.15) is 17.4 Å². The van der Waals surface area contributed by atoms with Crippen LogP contribution in [0.4, 0.5) is 4.39 Å². The Morgan fingerprint density at radius 2 is 2.04 bits per heavy atom. The highest BCUT2D eigenvalue weighted by atomic mass is 35.5. The third kappa shape index (κ3) is 4.82. The smallest absolute Gasteiger partial charge is 0.240 e. The van der Waals surface area contributed by atoms with Crippen LogP contribution in [0.5, 0.6) is 0 Å². The SMILES string of the molecule is N#CCNC(=O)CNC(=O)Cc1nc2cc(Cl)c(-c3cccc(F)c3)cc2s1. The van der Waals surface area contributed by atoms with Gasteiger partial charge in [-0.25, -0.2) is 9.37 Å². The van der Waals surface area contributed by atoms with E-state index < -0.39 is 5.91 Å². The Labute approximate surface area is 169 Å². The van der Waals surface area contributed by atoms with Crippen LogP contribution in [0.2, 0.25) is 5.02 Å². The summed E-state index contributed by atoms with van der Waals surface area (Å²) in [6.07, 6.45) is 0.0117. The fourth-order valence-corrected chi connectivity index (χ4v) is 3.78. The molecular formula is C19H14ClFN4O2S. The molecule has 1 aromatic heterocycles. The molecule has 2 amide bonds. The van der Waals surface area contributed by atoms with Crippen LogP contribution in [0, 0.1) is 17.1 Å². The summed E-state index contributed by atoms with van der Waals surface area (Å²) >= 11 is 7.65. The molecule has 2 N–H and O–H groups in total. The van der Waals surface area contributed by atoms with E-state index in [1.807, 2.05) is 6.07 Å². The molecule has 0 atom stereocenters. The van der Waals surface area contributed by atoms with Gasteiger partial charge in [-0.05, 0) is 29.8 Å². The van der Waals surface area contributed by atoms with Crippen LogP contribution in [0.15, 0.2) is 36.4 Å². The zero-order chi connectivity index (χ0) is 20.1. The van der Waals surface area contributed by atoms with Gasteiger partial charge in [-0.2, -0.15) is 5.26 Å². The molecule has 0 bridgehead atoms. The summed E-state index contributed by atoms with van der Waals surface area (Å²) in [4.78, 5) is 27.8. The second kappa shape index (κ2) is 8.78. The lowest BCUT2D eigenvalue weighted by Crippen LogP contribution is -2.37. The molecule has 0 aliphatic rings. The topological polar surface area (TPSA) is 94.9 Å². The van der Waals surface area contributed by atoms with E-state index in [2.05, 4.69) is 15.6 Å². The molecule has 9 heteroatoms. The van der Waals surface area contributed by atoms with Crippen LogP contribution in [-0.4, -0.2) is 29.9 Å². The minimum atomic E-state index is -0.439. The van der Waals surface area contributed by atoms with Gasteiger partial charge in [-0.1, -0.05) is 23.7 Å². The number of halogens is 2. The second-order valence-corrected chi connectivity index (χ2v) is 7.33. The van der Waals surface area contributed by atoms with Crippen molar-refractivity contribution in [3.8, 4) is 17.2 Å².